The number of hydrogen-bond acceptors (Lipinski definition) is 4. The smallest absolute Gasteiger partial charge is 0.315 e. The number of carbonyl (C=O) groups is 2. The van der Waals surface area contributed by atoms with Gasteiger partial charge in [0.1, 0.15) is 5.41 Å². The molecule has 0 spiro atoms. The van der Waals surface area contributed by atoms with Crippen LogP contribution in [0, 0.1) is 0 Å². The van der Waals surface area contributed by atoms with Gasteiger partial charge in [-0.15, -0.1) is 0 Å². The second kappa shape index (κ2) is 7.96. The molecule has 25 heavy (non-hydrogen) atoms. The maximum atomic E-state index is 12.3. The third-order valence-electron chi connectivity index (χ3n) is 4.64. The fraction of sp³-hybridized carbons (Fsp3) is 0.421. The second-order valence-electron chi connectivity index (χ2n) is 6.32. The highest BCUT2D eigenvalue weighted by Gasteiger charge is 2.36. The number of nitrogens with one attached hydrogen (secondary N) is 1. The Morgan fingerprint density at radius 2 is 1.88 bits per heavy atom. The van der Waals surface area contributed by atoms with E-state index in [4.69, 9.17) is 4.52 Å². The van der Waals surface area contributed by atoms with Gasteiger partial charge < -0.3 is 14.9 Å². The molecule has 2 rings (SSSR count). The molecule has 0 bridgehead atoms. The van der Waals surface area contributed by atoms with E-state index in [2.05, 4.69) is 24.3 Å². The number of benzene rings is 1. The molecular formula is C19H24N2O4. The maximum Gasteiger partial charge on any atom is 0.315 e. The largest absolute Gasteiger partial charge is 0.481 e. The minimum absolute atomic E-state index is 0.0494. The fourth-order valence-corrected chi connectivity index (χ4v) is 2.75. The molecule has 6 nitrogen and oxygen atoms in total. The first-order chi connectivity index (χ1) is 11.9. The summed E-state index contributed by atoms with van der Waals surface area (Å²) in [6.45, 7) is 5.65. The van der Waals surface area contributed by atoms with Gasteiger partial charge in [0.05, 0.1) is 5.69 Å². The normalized spacial score (nSPS) is 13.4. The molecule has 0 fully saturated rings. The van der Waals surface area contributed by atoms with E-state index in [1.54, 1.807) is 37.3 Å². The molecule has 1 unspecified atom stereocenters. The van der Waals surface area contributed by atoms with Gasteiger partial charge in [0.2, 0.25) is 5.76 Å². The van der Waals surface area contributed by atoms with Gasteiger partial charge in [0.15, 0.2) is 0 Å². The Bertz CT molecular complexity index is 722. The molecule has 1 aromatic carbocycles. The number of rotatable bonds is 8. The molecule has 134 valence electrons. The molecule has 0 saturated heterocycles. The Morgan fingerprint density at radius 3 is 2.44 bits per heavy atom. The lowest BCUT2D eigenvalue weighted by Crippen LogP contribution is -2.44. The number of carbonyl (C=O) groups excluding carboxylic acids is 1. The van der Waals surface area contributed by atoms with E-state index < -0.39 is 17.3 Å². The molecule has 0 radical (unpaired) electrons. The number of aromatic nitrogens is 1. The first-order valence-corrected chi connectivity index (χ1v) is 8.46. The third kappa shape index (κ3) is 4.07. The van der Waals surface area contributed by atoms with E-state index in [9.17, 15) is 14.7 Å². The van der Waals surface area contributed by atoms with Crippen molar-refractivity contribution in [2.45, 2.75) is 44.9 Å². The Labute approximate surface area is 147 Å². The van der Waals surface area contributed by atoms with E-state index in [0.717, 1.165) is 18.5 Å². The molecule has 0 aliphatic rings. The minimum Gasteiger partial charge on any atom is -0.481 e. The first-order valence-electron chi connectivity index (χ1n) is 8.46. The van der Waals surface area contributed by atoms with E-state index in [0.29, 0.717) is 5.56 Å². The Hall–Kier alpha value is -2.63. The van der Waals surface area contributed by atoms with Crippen molar-refractivity contribution in [3.63, 3.8) is 0 Å². The molecule has 0 aliphatic carbocycles. The number of carboxylic acid groups (broad SMARTS) is 1. The molecule has 1 aromatic heterocycles. The van der Waals surface area contributed by atoms with Crippen LogP contribution in [0.1, 0.15) is 61.3 Å². The SMILES string of the molecule is CCC(CC)c1cc(C(=O)NCC(C)(C(=O)O)c2ccccc2)on1. The molecule has 1 amide bonds. The van der Waals surface area contributed by atoms with Crippen LogP contribution in [0.15, 0.2) is 40.9 Å². The number of nitrogens with zero attached hydrogens (tertiary/aromatic N) is 1. The summed E-state index contributed by atoms with van der Waals surface area (Å²) in [5.41, 5.74) is 0.145. The van der Waals surface area contributed by atoms with Gasteiger partial charge in [0, 0.05) is 18.5 Å². The Balaban J connectivity index is 2.11. The number of carboxylic acids is 1. The van der Waals surface area contributed by atoms with Crippen molar-refractivity contribution in [2.24, 2.45) is 0 Å². The molecule has 6 heteroatoms. The van der Waals surface area contributed by atoms with Gasteiger partial charge >= 0.3 is 5.97 Å². The highest BCUT2D eigenvalue weighted by atomic mass is 16.5. The van der Waals surface area contributed by atoms with Crippen molar-refractivity contribution in [3.8, 4) is 0 Å². The van der Waals surface area contributed by atoms with Crippen LogP contribution in [0.25, 0.3) is 0 Å². The van der Waals surface area contributed by atoms with Crippen LogP contribution in [0.2, 0.25) is 0 Å². The lowest BCUT2D eigenvalue weighted by atomic mass is 9.82. The van der Waals surface area contributed by atoms with Gasteiger partial charge in [-0.2, -0.15) is 0 Å². The predicted molar refractivity (Wildman–Crippen MR) is 93.6 cm³/mol. The highest BCUT2D eigenvalue weighted by molar-refractivity contribution is 5.92. The second-order valence-corrected chi connectivity index (χ2v) is 6.32. The molecule has 2 aromatic rings. The van der Waals surface area contributed by atoms with E-state index in [1.807, 2.05) is 6.07 Å². The van der Waals surface area contributed by atoms with Crippen LogP contribution in [0.3, 0.4) is 0 Å². The number of aliphatic carboxylic acids is 1. The van der Waals surface area contributed by atoms with Crippen LogP contribution >= 0.6 is 0 Å². The zero-order valence-corrected chi connectivity index (χ0v) is 14.8. The fourth-order valence-electron chi connectivity index (χ4n) is 2.75. The van der Waals surface area contributed by atoms with Crippen LogP contribution in [0.5, 0.6) is 0 Å². The van der Waals surface area contributed by atoms with Crippen molar-refractivity contribution < 1.29 is 19.2 Å². The number of amides is 1. The van der Waals surface area contributed by atoms with E-state index in [1.165, 1.54) is 0 Å². The van der Waals surface area contributed by atoms with Crippen LogP contribution in [0.4, 0.5) is 0 Å². The van der Waals surface area contributed by atoms with Gasteiger partial charge in [-0.1, -0.05) is 49.3 Å². The van der Waals surface area contributed by atoms with Crippen molar-refractivity contribution in [1.29, 1.82) is 0 Å². The topological polar surface area (TPSA) is 92.4 Å². The highest BCUT2D eigenvalue weighted by Crippen LogP contribution is 2.24. The van der Waals surface area contributed by atoms with Crippen molar-refractivity contribution in [3.05, 3.63) is 53.4 Å². The average Bonchev–Trinajstić information content (AvgIpc) is 3.11. The summed E-state index contributed by atoms with van der Waals surface area (Å²) < 4.78 is 5.13. The third-order valence-corrected chi connectivity index (χ3v) is 4.64. The lowest BCUT2D eigenvalue weighted by molar-refractivity contribution is -0.142. The quantitative estimate of drug-likeness (QED) is 0.766. The van der Waals surface area contributed by atoms with Crippen LogP contribution < -0.4 is 5.32 Å². The maximum absolute atomic E-state index is 12.3. The summed E-state index contributed by atoms with van der Waals surface area (Å²) in [4.78, 5) is 24.1. The summed E-state index contributed by atoms with van der Waals surface area (Å²) >= 11 is 0. The standard InChI is InChI=1S/C19H24N2O4/c1-4-13(5-2)15-11-16(25-21-15)17(22)20-12-19(3,18(23)24)14-9-7-6-8-10-14/h6-11,13H,4-5,12H2,1-3H3,(H,20,22)(H,23,24). The average molecular weight is 344 g/mol. The van der Waals surface area contributed by atoms with Crippen LogP contribution in [-0.2, 0) is 10.2 Å². The van der Waals surface area contributed by atoms with E-state index in [-0.39, 0.29) is 18.2 Å². The van der Waals surface area contributed by atoms with Crippen molar-refractivity contribution in [2.75, 3.05) is 6.54 Å². The predicted octanol–water partition coefficient (Wildman–Crippen LogP) is 3.35. The summed E-state index contributed by atoms with van der Waals surface area (Å²) in [5, 5.41) is 16.2. The molecule has 1 atom stereocenters. The zero-order valence-electron chi connectivity index (χ0n) is 14.8. The lowest BCUT2D eigenvalue weighted by Gasteiger charge is -2.25. The molecule has 0 saturated carbocycles. The van der Waals surface area contributed by atoms with Gasteiger partial charge in [0.25, 0.3) is 5.91 Å². The number of hydrogen-bond donors (Lipinski definition) is 2. The van der Waals surface area contributed by atoms with Crippen molar-refractivity contribution >= 4 is 11.9 Å². The van der Waals surface area contributed by atoms with E-state index >= 15 is 0 Å². The Kier molecular flexibility index (Phi) is 5.96. The van der Waals surface area contributed by atoms with Crippen LogP contribution in [-0.4, -0.2) is 28.7 Å². The Morgan fingerprint density at radius 1 is 1.24 bits per heavy atom. The summed E-state index contributed by atoms with van der Waals surface area (Å²) in [6.07, 6.45) is 1.82. The van der Waals surface area contributed by atoms with Gasteiger partial charge in [-0.25, -0.2) is 0 Å². The summed E-state index contributed by atoms with van der Waals surface area (Å²) in [5.74, 6) is -1.12. The zero-order chi connectivity index (χ0) is 18.4. The summed E-state index contributed by atoms with van der Waals surface area (Å²) in [6, 6.07) is 10.5. The molecule has 0 aliphatic heterocycles. The summed E-state index contributed by atoms with van der Waals surface area (Å²) in [7, 11) is 0. The van der Waals surface area contributed by atoms with Gasteiger partial charge in [-0.05, 0) is 25.3 Å². The molecular weight excluding hydrogens is 320 g/mol. The molecule has 2 N–H and O–H groups in total. The molecule has 1 heterocycles. The first kappa shape index (κ1) is 18.7. The van der Waals surface area contributed by atoms with Gasteiger partial charge in [-0.3, -0.25) is 9.59 Å². The monoisotopic (exact) mass is 344 g/mol. The minimum atomic E-state index is -1.23. The van der Waals surface area contributed by atoms with Crippen molar-refractivity contribution in [1.82, 2.24) is 10.5 Å².